The SMILES string of the molecule is Cc1ccc2oc(C)nc2c1. The molecule has 0 fully saturated rings. The first kappa shape index (κ1) is 6.40. The molecule has 2 rings (SSSR count). The number of oxazole rings is 1. The molecule has 2 heteroatoms. The molecule has 0 radical (unpaired) electrons. The summed E-state index contributed by atoms with van der Waals surface area (Å²) in [5, 5.41) is 0. The highest BCUT2D eigenvalue weighted by Gasteiger charge is 1.99. The molecular weight excluding hydrogens is 138 g/mol. The van der Waals surface area contributed by atoms with Crippen LogP contribution in [0.25, 0.3) is 11.1 Å². The predicted molar refractivity (Wildman–Crippen MR) is 43.5 cm³/mol. The fourth-order valence-electron chi connectivity index (χ4n) is 1.15. The quantitative estimate of drug-likeness (QED) is 0.572. The van der Waals surface area contributed by atoms with Crippen molar-refractivity contribution in [3.63, 3.8) is 0 Å². The molecule has 0 aliphatic rings. The normalized spacial score (nSPS) is 10.7. The van der Waals surface area contributed by atoms with Crippen molar-refractivity contribution in [2.75, 3.05) is 0 Å². The summed E-state index contributed by atoms with van der Waals surface area (Å²) in [7, 11) is 0. The number of fused-ring (bicyclic) bond motifs is 1. The van der Waals surface area contributed by atoms with E-state index in [-0.39, 0.29) is 0 Å². The van der Waals surface area contributed by atoms with Crippen molar-refractivity contribution < 1.29 is 4.42 Å². The van der Waals surface area contributed by atoms with Crippen LogP contribution in [0.15, 0.2) is 22.6 Å². The second-order valence-electron chi connectivity index (χ2n) is 2.70. The van der Waals surface area contributed by atoms with Crippen molar-refractivity contribution in [2.45, 2.75) is 13.8 Å². The van der Waals surface area contributed by atoms with E-state index >= 15 is 0 Å². The molecule has 0 atom stereocenters. The second-order valence-corrected chi connectivity index (χ2v) is 2.70. The summed E-state index contributed by atoms with van der Waals surface area (Å²) in [6.07, 6.45) is 0. The third-order valence-corrected chi connectivity index (χ3v) is 1.65. The fourth-order valence-corrected chi connectivity index (χ4v) is 1.15. The monoisotopic (exact) mass is 147 g/mol. The lowest BCUT2D eigenvalue weighted by Gasteiger charge is -1.87. The van der Waals surface area contributed by atoms with Gasteiger partial charge in [-0.05, 0) is 24.6 Å². The zero-order chi connectivity index (χ0) is 7.84. The Morgan fingerprint density at radius 2 is 2.09 bits per heavy atom. The Labute approximate surface area is 64.9 Å². The van der Waals surface area contributed by atoms with E-state index in [2.05, 4.69) is 4.98 Å². The molecular formula is C9H9NO. The molecule has 1 aromatic carbocycles. The highest BCUT2D eigenvalue weighted by atomic mass is 16.3. The van der Waals surface area contributed by atoms with Gasteiger partial charge >= 0.3 is 0 Å². The first-order valence-corrected chi connectivity index (χ1v) is 3.59. The second kappa shape index (κ2) is 2.09. The number of aromatic nitrogens is 1. The van der Waals surface area contributed by atoms with Crippen molar-refractivity contribution in [2.24, 2.45) is 0 Å². The van der Waals surface area contributed by atoms with E-state index in [0.717, 1.165) is 17.0 Å². The maximum absolute atomic E-state index is 5.31. The van der Waals surface area contributed by atoms with E-state index in [1.807, 2.05) is 32.0 Å². The lowest BCUT2D eigenvalue weighted by molar-refractivity contribution is 0.561. The maximum atomic E-state index is 5.31. The molecule has 0 unspecified atom stereocenters. The molecule has 0 bridgehead atoms. The zero-order valence-corrected chi connectivity index (χ0v) is 6.59. The van der Waals surface area contributed by atoms with Gasteiger partial charge in [-0.2, -0.15) is 0 Å². The molecule has 2 aromatic rings. The molecule has 0 amide bonds. The molecule has 0 aliphatic heterocycles. The van der Waals surface area contributed by atoms with E-state index in [9.17, 15) is 0 Å². The molecule has 0 saturated carbocycles. The summed E-state index contributed by atoms with van der Waals surface area (Å²) in [4.78, 5) is 4.21. The summed E-state index contributed by atoms with van der Waals surface area (Å²) >= 11 is 0. The first-order chi connectivity index (χ1) is 5.25. The summed E-state index contributed by atoms with van der Waals surface area (Å²) in [6, 6.07) is 5.99. The predicted octanol–water partition coefficient (Wildman–Crippen LogP) is 2.44. The number of aryl methyl sites for hydroxylation is 2. The van der Waals surface area contributed by atoms with Gasteiger partial charge in [0.25, 0.3) is 0 Å². The Morgan fingerprint density at radius 3 is 2.91 bits per heavy atom. The van der Waals surface area contributed by atoms with Gasteiger partial charge in [0.15, 0.2) is 11.5 Å². The topological polar surface area (TPSA) is 26.0 Å². The third kappa shape index (κ3) is 1.00. The van der Waals surface area contributed by atoms with Crippen molar-refractivity contribution >= 4 is 11.1 Å². The standard InChI is InChI=1S/C9H9NO/c1-6-3-4-9-8(5-6)10-7(2)11-9/h3-5H,1-2H3. The Balaban J connectivity index is 2.82. The average molecular weight is 147 g/mol. The van der Waals surface area contributed by atoms with Crippen LogP contribution >= 0.6 is 0 Å². The van der Waals surface area contributed by atoms with Gasteiger partial charge in [0.05, 0.1) is 0 Å². The van der Waals surface area contributed by atoms with Gasteiger partial charge in [-0.15, -0.1) is 0 Å². The van der Waals surface area contributed by atoms with Crippen LogP contribution in [-0.4, -0.2) is 4.98 Å². The van der Waals surface area contributed by atoms with Crippen LogP contribution < -0.4 is 0 Å². The van der Waals surface area contributed by atoms with Crippen LogP contribution in [0, 0.1) is 13.8 Å². The van der Waals surface area contributed by atoms with Gasteiger partial charge in [0.2, 0.25) is 0 Å². The smallest absolute Gasteiger partial charge is 0.192 e. The number of hydrogen-bond acceptors (Lipinski definition) is 2. The minimum atomic E-state index is 0.727. The minimum absolute atomic E-state index is 0.727. The van der Waals surface area contributed by atoms with Crippen LogP contribution in [0.1, 0.15) is 11.5 Å². The van der Waals surface area contributed by atoms with E-state index in [0.29, 0.717) is 0 Å². The summed E-state index contributed by atoms with van der Waals surface area (Å²) in [5.41, 5.74) is 3.03. The molecule has 0 aliphatic carbocycles. The van der Waals surface area contributed by atoms with Crippen LogP contribution in [-0.2, 0) is 0 Å². The van der Waals surface area contributed by atoms with Crippen LogP contribution in [0.5, 0.6) is 0 Å². The Kier molecular flexibility index (Phi) is 1.22. The molecule has 1 heterocycles. The highest BCUT2D eigenvalue weighted by Crippen LogP contribution is 2.15. The van der Waals surface area contributed by atoms with Crippen molar-refractivity contribution in [1.29, 1.82) is 0 Å². The average Bonchev–Trinajstić information content (AvgIpc) is 2.27. The summed E-state index contributed by atoms with van der Waals surface area (Å²) in [5.74, 6) is 0.727. The number of hydrogen-bond donors (Lipinski definition) is 0. The van der Waals surface area contributed by atoms with Crippen LogP contribution in [0.3, 0.4) is 0 Å². The molecule has 56 valence electrons. The summed E-state index contributed by atoms with van der Waals surface area (Å²) < 4.78 is 5.31. The molecule has 0 saturated heterocycles. The number of benzene rings is 1. The zero-order valence-electron chi connectivity index (χ0n) is 6.59. The van der Waals surface area contributed by atoms with Gasteiger partial charge in [-0.1, -0.05) is 6.07 Å². The number of rotatable bonds is 0. The molecule has 11 heavy (non-hydrogen) atoms. The molecule has 2 nitrogen and oxygen atoms in total. The molecule has 1 aromatic heterocycles. The van der Waals surface area contributed by atoms with E-state index in [4.69, 9.17) is 4.42 Å². The highest BCUT2D eigenvalue weighted by molar-refractivity contribution is 5.73. The van der Waals surface area contributed by atoms with Crippen molar-refractivity contribution in [3.05, 3.63) is 29.7 Å². The molecule has 0 N–H and O–H groups in total. The van der Waals surface area contributed by atoms with E-state index < -0.39 is 0 Å². The summed E-state index contributed by atoms with van der Waals surface area (Å²) in [6.45, 7) is 3.90. The minimum Gasteiger partial charge on any atom is -0.441 e. The van der Waals surface area contributed by atoms with Crippen LogP contribution in [0.2, 0.25) is 0 Å². The largest absolute Gasteiger partial charge is 0.441 e. The Bertz CT molecular complexity index is 389. The lowest BCUT2D eigenvalue weighted by atomic mass is 10.2. The third-order valence-electron chi connectivity index (χ3n) is 1.65. The van der Waals surface area contributed by atoms with Gasteiger partial charge in [0.1, 0.15) is 5.52 Å². The number of nitrogens with zero attached hydrogens (tertiary/aromatic N) is 1. The van der Waals surface area contributed by atoms with Gasteiger partial charge in [-0.3, -0.25) is 0 Å². The van der Waals surface area contributed by atoms with Gasteiger partial charge < -0.3 is 4.42 Å². The van der Waals surface area contributed by atoms with E-state index in [1.54, 1.807) is 0 Å². The maximum Gasteiger partial charge on any atom is 0.192 e. The van der Waals surface area contributed by atoms with Crippen LogP contribution in [0.4, 0.5) is 0 Å². The van der Waals surface area contributed by atoms with Crippen molar-refractivity contribution in [1.82, 2.24) is 4.98 Å². The van der Waals surface area contributed by atoms with Crippen molar-refractivity contribution in [3.8, 4) is 0 Å². The Hall–Kier alpha value is -1.31. The molecule has 0 spiro atoms. The first-order valence-electron chi connectivity index (χ1n) is 3.59. The Morgan fingerprint density at radius 1 is 1.27 bits per heavy atom. The van der Waals surface area contributed by atoms with E-state index in [1.165, 1.54) is 5.56 Å². The van der Waals surface area contributed by atoms with Gasteiger partial charge in [0, 0.05) is 6.92 Å². The fraction of sp³-hybridized carbons (Fsp3) is 0.222. The van der Waals surface area contributed by atoms with Gasteiger partial charge in [-0.25, -0.2) is 4.98 Å². The lowest BCUT2D eigenvalue weighted by Crippen LogP contribution is -1.71.